The van der Waals surface area contributed by atoms with Crippen LogP contribution in [0.15, 0.2) is 60.7 Å². The van der Waals surface area contributed by atoms with Crippen LogP contribution in [-0.4, -0.2) is 6.61 Å². The molecule has 2 rings (SSSR count). The molecule has 0 spiro atoms. The van der Waals surface area contributed by atoms with Crippen LogP contribution < -0.4 is 5.30 Å². The highest BCUT2D eigenvalue weighted by molar-refractivity contribution is 7.71. The predicted molar refractivity (Wildman–Crippen MR) is 78.6 cm³/mol. The molecule has 0 aromatic heterocycles. The summed E-state index contributed by atoms with van der Waals surface area (Å²) in [4.78, 5) is 0. The Hall–Kier alpha value is -1.81. The maximum Gasteiger partial charge on any atom is 0.303 e. The van der Waals surface area contributed by atoms with E-state index < -0.39 is 7.37 Å². The van der Waals surface area contributed by atoms with Gasteiger partial charge in [0.1, 0.15) is 0 Å². The molecule has 3 heteroatoms. The van der Waals surface area contributed by atoms with E-state index >= 15 is 0 Å². The summed E-state index contributed by atoms with van der Waals surface area (Å²) < 4.78 is 18.2. The lowest BCUT2D eigenvalue weighted by molar-refractivity contribution is 0.348. The van der Waals surface area contributed by atoms with Crippen molar-refractivity contribution in [3.05, 3.63) is 66.2 Å². The van der Waals surface area contributed by atoms with Gasteiger partial charge in [0, 0.05) is 10.9 Å². The van der Waals surface area contributed by atoms with Crippen molar-refractivity contribution < 1.29 is 9.09 Å². The average molecular weight is 270 g/mol. The van der Waals surface area contributed by atoms with Gasteiger partial charge in [-0.15, -0.1) is 0 Å². The van der Waals surface area contributed by atoms with E-state index in [9.17, 15) is 4.57 Å². The van der Waals surface area contributed by atoms with Crippen LogP contribution in [-0.2, 0) is 9.09 Å². The monoisotopic (exact) mass is 270 g/mol. The molecule has 0 saturated carbocycles. The second kappa shape index (κ2) is 6.38. The first-order valence-electron chi connectivity index (χ1n) is 6.13. The quantitative estimate of drug-likeness (QED) is 0.628. The lowest BCUT2D eigenvalue weighted by atomic mass is 10.2. The Morgan fingerprint density at radius 3 is 2.16 bits per heavy atom. The van der Waals surface area contributed by atoms with Gasteiger partial charge in [0.2, 0.25) is 0 Å². The van der Waals surface area contributed by atoms with Gasteiger partial charge < -0.3 is 4.52 Å². The van der Waals surface area contributed by atoms with E-state index in [1.807, 2.05) is 55.5 Å². The Balaban J connectivity index is 2.37. The maximum absolute atomic E-state index is 12.8. The standard InChI is InChI=1S/C16H15O2P/c1-2-18-19(17,16-11-7-4-8-12-16)14-13-15-9-5-3-6-10-15/h3-12H,2H2,1H3. The second-order valence-electron chi connectivity index (χ2n) is 3.91. The largest absolute Gasteiger partial charge is 0.317 e. The minimum atomic E-state index is -3.10. The van der Waals surface area contributed by atoms with Gasteiger partial charge in [-0.25, -0.2) is 0 Å². The molecular formula is C16H15O2P. The van der Waals surface area contributed by atoms with Crippen LogP contribution in [0.1, 0.15) is 12.5 Å². The first kappa shape index (κ1) is 13.6. The highest BCUT2D eigenvalue weighted by Gasteiger charge is 2.22. The Kier molecular flexibility index (Phi) is 4.58. The van der Waals surface area contributed by atoms with Gasteiger partial charge in [0.25, 0.3) is 0 Å². The molecule has 0 saturated heterocycles. The van der Waals surface area contributed by atoms with Gasteiger partial charge in [0.05, 0.1) is 6.61 Å². The first-order chi connectivity index (χ1) is 9.24. The van der Waals surface area contributed by atoms with Crippen LogP contribution in [0.4, 0.5) is 0 Å². The molecule has 0 N–H and O–H groups in total. The van der Waals surface area contributed by atoms with Crippen molar-refractivity contribution in [2.24, 2.45) is 0 Å². The van der Waals surface area contributed by atoms with Crippen molar-refractivity contribution in [2.75, 3.05) is 6.61 Å². The Morgan fingerprint density at radius 1 is 1.00 bits per heavy atom. The van der Waals surface area contributed by atoms with Crippen molar-refractivity contribution in [1.29, 1.82) is 0 Å². The molecule has 2 aromatic rings. The Labute approximate surface area is 113 Å². The molecule has 0 aliphatic carbocycles. The van der Waals surface area contributed by atoms with Gasteiger partial charge in [0.15, 0.2) is 0 Å². The minimum Gasteiger partial charge on any atom is -0.317 e. The summed E-state index contributed by atoms with van der Waals surface area (Å²) in [5.74, 6) is 2.93. The van der Waals surface area contributed by atoms with E-state index in [0.29, 0.717) is 11.9 Å². The van der Waals surface area contributed by atoms with E-state index in [0.717, 1.165) is 5.56 Å². The predicted octanol–water partition coefficient (Wildman–Crippen LogP) is 3.64. The molecule has 2 aromatic carbocycles. The number of hydrogen-bond acceptors (Lipinski definition) is 2. The lowest BCUT2D eigenvalue weighted by Gasteiger charge is -2.11. The van der Waals surface area contributed by atoms with Crippen LogP contribution in [0.25, 0.3) is 0 Å². The van der Waals surface area contributed by atoms with Crippen LogP contribution >= 0.6 is 7.37 Å². The molecule has 1 unspecified atom stereocenters. The molecule has 0 aliphatic rings. The highest BCUT2D eigenvalue weighted by atomic mass is 31.2. The second-order valence-corrected chi connectivity index (χ2v) is 6.01. The number of hydrogen-bond donors (Lipinski definition) is 0. The molecule has 0 amide bonds. The topological polar surface area (TPSA) is 26.3 Å². The third-order valence-corrected chi connectivity index (χ3v) is 4.53. The Bertz CT molecular complexity index is 624. The molecule has 1 atom stereocenters. The summed E-state index contributed by atoms with van der Waals surface area (Å²) in [6, 6.07) is 18.6. The van der Waals surface area contributed by atoms with Crippen LogP contribution in [0.2, 0.25) is 0 Å². The number of rotatable bonds is 3. The summed E-state index contributed by atoms with van der Waals surface area (Å²) in [6.45, 7) is 2.19. The lowest BCUT2D eigenvalue weighted by Crippen LogP contribution is -2.05. The fourth-order valence-corrected chi connectivity index (χ4v) is 3.18. The smallest absolute Gasteiger partial charge is 0.303 e. The van der Waals surface area contributed by atoms with E-state index in [2.05, 4.69) is 11.6 Å². The molecule has 0 bridgehead atoms. The van der Waals surface area contributed by atoms with Crippen molar-refractivity contribution in [1.82, 2.24) is 0 Å². The van der Waals surface area contributed by atoms with E-state index in [1.165, 1.54) is 0 Å². The Morgan fingerprint density at radius 2 is 1.58 bits per heavy atom. The van der Waals surface area contributed by atoms with Crippen LogP contribution in [0.3, 0.4) is 0 Å². The molecule has 2 nitrogen and oxygen atoms in total. The molecule has 0 heterocycles. The van der Waals surface area contributed by atoms with Crippen LogP contribution in [0, 0.1) is 11.6 Å². The zero-order chi connectivity index (χ0) is 13.6. The molecule has 19 heavy (non-hydrogen) atoms. The normalized spacial score (nSPS) is 13.1. The first-order valence-corrected chi connectivity index (χ1v) is 7.75. The molecular weight excluding hydrogens is 255 g/mol. The summed E-state index contributed by atoms with van der Waals surface area (Å²) in [5, 5.41) is 0.639. The molecule has 0 fully saturated rings. The molecule has 0 aliphatic heterocycles. The third kappa shape index (κ3) is 3.58. The average Bonchev–Trinajstić information content (AvgIpc) is 2.48. The minimum absolute atomic E-state index is 0.371. The fraction of sp³-hybridized carbons (Fsp3) is 0.125. The van der Waals surface area contributed by atoms with Gasteiger partial charge in [-0.05, 0) is 36.9 Å². The zero-order valence-corrected chi connectivity index (χ0v) is 11.6. The fourth-order valence-electron chi connectivity index (χ4n) is 1.64. The van der Waals surface area contributed by atoms with E-state index in [-0.39, 0.29) is 0 Å². The number of benzene rings is 2. The van der Waals surface area contributed by atoms with Crippen molar-refractivity contribution in [3.63, 3.8) is 0 Å². The molecule has 96 valence electrons. The summed E-state index contributed by atoms with van der Waals surface area (Å²) in [6.07, 6.45) is 0. The highest BCUT2D eigenvalue weighted by Crippen LogP contribution is 2.44. The van der Waals surface area contributed by atoms with Crippen molar-refractivity contribution >= 4 is 12.7 Å². The van der Waals surface area contributed by atoms with E-state index in [4.69, 9.17) is 4.52 Å². The third-order valence-electron chi connectivity index (χ3n) is 2.53. The van der Waals surface area contributed by atoms with Gasteiger partial charge in [-0.2, -0.15) is 0 Å². The summed E-state index contributed by atoms with van der Waals surface area (Å²) in [7, 11) is -3.10. The summed E-state index contributed by atoms with van der Waals surface area (Å²) >= 11 is 0. The zero-order valence-electron chi connectivity index (χ0n) is 10.7. The maximum atomic E-state index is 12.8. The van der Waals surface area contributed by atoms with Gasteiger partial charge in [-0.1, -0.05) is 42.3 Å². The summed E-state index contributed by atoms with van der Waals surface area (Å²) in [5.41, 5.74) is 3.64. The van der Waals surface area contributed by atoms with Gasteiger partial charge in [-0.3, -0.25) is 4.57 Å². The van der Waals surface area contributed by atoms with Crippen molar-refractivity contribution in [2.45, 2.75) is 6.92 Å². The molecule has 0 radical (unpaired) electrons. The SMILES string of the molecule is CCOP(=O)(C#Cc1ccccc1)c1ccccc1. The van der Waals surface area contributed by atoms with Crippen molar-refractivity contribution in [3.8, 4) is 11.6 Å². The van der Waals surface area contributed by atoms with Gasteiger partial charge >= 0.3 is 7.37 Å². The van der Waals surface area contributed by atoms with E-state index in [1.54, 1.807) is 12.1 Å². The van der Waals surface area contributed by atoms with Crippen LogP contribution in [0.5, 0.6) is 0 Å².